The van der Waals surface area contributed by atoms with E-state index in [1.54, 1.807) is 29.5 Å². The number of sulfone groups is 1. The van der Waals surface area contributed by atoms with Gasteiger partial charge in [-0.1, -0.05) is 29.5 Å². The number of rotatable bonds is 9. The summed E-state index contributed by atoms with van der Waals surface area (Å²) < 4.78 is 31.3. The molecular formula is C23H28N4O4S2. The van der Waals surface area contributed by atoms with Crippen molar-refractivity contribution >= 4 is 42.4 Å². The van der Waals surface area contributed by atoms with Crippen molar-refractivity contribution in [1.29, 1.82) is 0 Å². The van der Waals surface area contributed by atoms with Gasteiger partial charge in [0.2, 0.25) is 5.91 Å². The van der Waals surface area contributed by atoms with Crippen molar-refractivity contribution in [3.05, 3.63) is 48.5 Å². The van der Waals surface area contributed by atoms with Crippen LogP contribution in [0.3, 0.4) is 0 Å². The highest BCUT2D eigenvalue weighted by atomic mass is 32.2. The van der Waals surface area contributed by atoms with Gasteiger partial charge in [0, 0.05) is 39.3 Å². The molecule has 2 heterocycles. The molecule has 2 aromatic carbocycles. The first-order valence-electron chi connectivity index (χ1n) is 11.0. The molecule has 10 heteroatoms. The van der Waals surface area contributed by atoms with Crippen LogP contribution in [0.15, 0.2) is 53.4 Å². The second-order valence-electron chi connectivity index (χ2n) is 7.81. The standard InChI is InChI=1S/C23H28N4O4S2/c1-2-31-18-8-9-20-21(16-18)32-23(25-20)27-14-12-26(13-15-27)11-10-24-22(28)17-33(29,30)19-6-4-3-5-7-19/h3-9,16H,2,10-15,17H2,1H3,(H,24,28). The van der Waals surface area contributed by atoms with Gasteiger partial charge in [-0.05, 0) is 37.3 Å². The van der Waals surface area contributed by atoms with E-state index < -0.39 is 21.5 Å². The normalized spacial score (nSPS) is 15.0. The van der Waals surface area contributed by atoms with Crippen LogP contribution in [0.5, 0.6) is 5.75 Å². The third kappa shape index (κ3) is 6.01. The number of amides is 1. The molecule has 1 saturated heterocycles. The van der Waals surface area contributed by atoms with Gasteiger partial charge in [0.15, 0.2) is 15.0 Å². The van der Waals surface area contributed by atoms with E-state index in [-0.39, 0.29) is 4.90 Å². The molecule has 3 aromatic rings. The quantitative estimate of drug-likeness (QED) is 0.495. The molecule has 0 radical (unpaired) electrons. The van der Waals surface area contributed by atoms with E-state index in [2.05, 4.69) is 15.1 Å². The minimum absolute atomic E-state index is 0.167. The maximum absolute atomic E-state index is 12.3. The molecule has 176 valence electrons. The van der Waals surface area contributed by atoms with Gasteiger partial charge in [-0.3, -0.25) is 9.69 Å². The minimum Gasteiger partial charge on any atom is -0.494 e. The van der Waals surface area contributed by atoms with Crippen LogP contribution >= 0.6 is 11.3 Å². The van der Waals surface area contributed by atoms with Crippen molar-refractivity contribution in [2.45, 2.75) is 11.8 Å². The van der Waals surface area contributed by atoms with Crippen LogP contribution in [0.4, 0.5) is 5.13 Å². The number of nitrogens with one attached hydrogen (secondary N) is 1. The number of benzene rings is 2. The largest absolute Gasteiger partial charge is 0.494 e. The number of ether oxygens (including phenoxy) is 1. The van der Waals surface area contributed by atoms with Crippen molar-refractivity contribution in [1.82, 2.24) is 15.2 Å². The van der Waals surface area contributed by atoms with E-state index in [9.17, 15) is 13.2 Å². The molecule has 33 heavy (non-hydrogen) atoms. The van der Waals surface area contributed by atoms with E-state index in [0.29, 0.717) is 19.7 Å². The summed E-state index contributed by atoms with van der Waals surface area (Å²) in [5.74, 6) is -0.144. The van der Waals surface area contributed by atoms with E-state index in [0.717, 1.165) is 47.3 Å². The van der Waals surface area contributed by atoms with Crippen LogP contribution in [0.1, 0.15) is 6.92 Å². The maximum Gasteiger partial charge on any atom is 0.235 e. The Kier molecular flexibility index (Phi) is 7.46. The molecule has 1 aliphatic heterocycles. The number of aromatic nitrogens is 1. The molecule has 0 atom stereocenters. The van der Waals surface area contributed by atoms with Crippen LogP contribution in [0, 0.1) is 0 Å². The third-order valence-corrected chi connectivity index (χ3v) is 8.19. The fourth-order valence-corrected chi connectivity index (χ4v) is 5.97. The molecule has 1 aliphatic rings. The molecule has 4 rings (SSSR count). The second-order valence-corrected chi connectivity index (χ2v) is 10.8. The lowest BCUT2D eigenvalue weighted by Gasteiger charge is -2.34. The van der Waals surface area contributed by atoms with Crippen LogP contribution in [0.25, 0.3) is 10.2 Å². The zero-order valence-corrected chi connectivity index (χ0v) is 20.2. The smallest absolute Gasteiger partial charge is 0.235 e. The molecule has 0 aliphatic carbocycles. The summed E-state index contributed by atoms with van der Waals surface area (Å²) in [5.41, 5.74) is 0.981. The monoisotopic (exact) mass is 488 g/mol. The summed E-state index contributed by atoms with van der Waals surface area (Å²) >= 11 is 1.67. The van der Waals surface area contributed by atoms with Gasteiger partial charge in [0.05, 0.1) is 21.7 Å². The number of hydrogen-bond acceptors (Lipinski definition) is 8. The van der Waals surface area contributed by atoms with Gasteiger partial charge in [0.1, 0.15) is 11.5 Å². The predicted octanol–water partition coefficient (Wildman–Crippen LogP) is 2.41. The molecule has 0 saturated carbocycles. The SMILES string of the molecule is CCOc1ccc2nc(N3CCN(CCNC(=O)CS(=O)(=O)c4ccccc4)CC3)sc2c1. The molecule has 0 bridgehead atoms. The Labute approximate surface area is 198 Å². The number of anilines is 1. The third-order valence-electron chi connectivity index (χ3n) is 5.48. The number of thiazole rings is 1. The Bertz CT molecular complexity index is 1190. The summed E-state index contributed by atoms with van der Waals surface area (Å²) in [6.45, 7) is 7.15. The van der Waals surface area contributed by atoms with Crippen LogP contribution in [-0.2, 0) is 14.6 Å². The van der Waals surface area contributed by atoms with E-state index in [1.165, 1.54) is 12.1 Å². The zero-order chi connectivity index (χ0) is 23.3. The van der Waals surface area contributed by atoms with Crippen molar-refractivity contribution in [3.8, 4) is 5.75 Å². The highest BCUT2D eigenvalue weighted by Crippen LogP contribution is 2.31. The van der Waals surface area contributed by atoms with Crippen molar-refractivity contribution in [2.24, 2.45) is 0 Å². The van der Waals surface area contributed by atoms with Crippen LogP contribution < -0.4 is 15.0 Å². The van der Waals surface area contributed by atoms with Gasteiger partial charge in [-0.15, -0.1) is 0 Å². The van der Waals surface area contributed by atoms with E-state index in [1.807, 2.05) is 25.1 Å². The predicted molar refractivity (Wildman–Crippen MR) is 131 cm³/mol. The number of piperazine rings is 1. The van der Waals surface area contributed by atoms with Crippen molar-refractivity contribution in [2.75, 3.05) is 56.5 Å². The maximum atomic E-state index is 12.3. The Morgan fingerprint density at radius 2 is 1.88 bits per heavy atom. The lowest BCUT2D eigenvalue weighted by molar-refractivity contribution is -0.118. The Morgan fingerprint density at radius 3 is 2.61 bits per heavy atom. The average Bonchev–Trinajstić information content (AvgIpc) is 3.23. The van der Waals surface area contributed by atoms with E-state index in [4.69, 9.17) is 9.72 Å². The number of carbonyl (C=O) groups excluding carboxylic acids is 1. The molecule has 1 aromatic heterocycles. The zero-order valence-electron chi connectivity index (χ0n) is 18.6. The van der Waals surface area contributed by atoms with Gasteiger partial charge >= 0.3 is 0 Å². The van der Waals surface area contributed by atoms with Crippen LogP contribution in [-0.4, -0.2) is 75.8 Å². The van der Waals surface area contributed by atoms with Gasteiger partial charge in [-0.2, -0.15) is 0 Å². The molecule has 0 unspecified atom stereocenters. The lowest BCUT2D eigenvalue weighted by atomic mass is 10.3. The first-order valence-corrected chi connectivity index (χ1v) is 13.5. The molecule has 1 fully saturated rings. The molecular weight excluding hydrogens is 460 g/mol. The Balaban J connectivity index is 1.22. The highest BCUT2D eigenvalue weighted by Gasteiger charge is 2.21. The van der Waals surface area contributed by atoms with Gasteiger partial charge in [0.25, 0.3) is 0 Å². The fraction of sp³-hybridized carbons (Fsp3) is 0.391. The summed E-state index contributed by atoms with van der Waals surface area (Å²) in [5, 5.41) is 3.75. The molecule has 1 N–H and O–H groups in total. The lowest BCUT2D eigenvalue weighted by Crippen LogP contribution is -2.48. The number of nitrogens with zero attached hydrogens (tertiary/aromatic N) is 3. The van der Waals surface area contributed by atoms with Crippen molar-refractivity contribution in [3.63, 3.8) is 0 Å². The summed E-state index contributed by atoms with van der Waals surface area (Å²) in [6, 6.07) is 14.0. The van der Waals surface area contributed by atoms with Crippen LogP contribution in [0.2, 0.25) is 0 Å². The molecule has 1 amide bonds. The summed E-state index contributed by atoms with van der Waals surface area (Å²) in [6.07, 6.45) is 0. The summed E-state index contributed by atoms with van der Waals surface area (Å²) in [4.78, 5) is 21.6. The number of fused-ring (bicyclic) bond motifs is 1. The Hall–Kier alpha value is -2.69. The topological polar surface area (TPSA) is 91.8 Å². The first kappa shape index (κ1) is 23.5. The average molecular weight is 489 g/mol. The fourth-order valence-electron chi connectivity index (χ4n) is 3.74. The molecule has 0 spiro atoms. The van der Waals surface area contributed by atoms with E-state index >= 15 is 0 Å². The highest BCUT2D eigenvalue weighted by molar-refractivity contribution is 7.92. The van der Waals surface area contributed by atoms with Gasteiger partial charge in [-0.25, -0.2) is 13.4 Å². The van der Waals surface area contributed by atoms with Crippen molar-refractivity contribution < 1.29 is 17.9 Å². The number of carbonyl (C=O) groups is 1. The second kappa shape index (κ2) is 10.5. The minimum atomic E-state index is -3.62. The first-order chi connectivity index (χ1) is 15.9. The molecule has 8 nitrogen and oxygen atoms in total. The number of hydrogen-bond donors (Lipinski definition) is 1. The summed E-state index contributed by atoms with van der Waals surface area (Å²) in [7, 11) is -3.62. The van der Waals surface area contributed by atoms with Gasteiger partial charge < -0.3 is 15.0 Å². The Morgan fingerprint density at radius 1 is 1.12 bits per heavy atom.